The first kappa shape index (κ1) is 20.6. The van der Waals surface area contributed by atoms with Crippen molar-refractivity contribution in [3.63, 3.8) is 0 Å². The Bertz CT molecular complexity index is 649. The summed E-state index contributed by atoms with van der Waals surface area (Å²) in [4.78, 5) is 0. The number of nitrogens with one attached hydrogen (secondary N) is 1. The fourth-order valence-electron chi connectivity index (χ4n) is 2.29. The third-order valence-electron chi connectivity index (χ3n) is 3.55. The van der Waals surface area contributed by atoms with Crippen LogP contribution in [0, 0.1) is 0 Å². The van der Waals surface area contributed by atoms with E-state index in [-0.39, 0.29) is 18.4 Å². The van der Waals surface area contributed by atoms with Gasteiger partial charge in [-0.05, 0) is 46.1 Å². The summed E-state index contributed by atoms with van der Waals surface area (Å²) in [6.45, 7) is 7.01. The van der Waals surface area contributed by atoms with E-state index >= 15 is 0 Å². The number of hydrogen-bond donors (Lipinski definition) is 1. The van der Waals surface area contributed by atoms with Gasteiger partial charge in [0, 0.05) is 12.6 Å². The quantitative estimate of drug-likeness (QED) is 0.597. The molecule has 0 aromatic heterocycles. The van der Waals surface area contributed by atoms with Gasteiger partial charge in [-0.15, -0.1) is 12.4 Å². The highest BCUT2D eigenvalue weighted by atomic mass is 79.9. The van der Waals surface area contributed by atoms with E-state index in [9.17, 15) is 0 Å². The summed E-state index contributed by atoms with van der Waals surface area (Å²) in [5.41, 5.74) is 2.40. The largest absolute Gasteiger partial charge is 0.493 e. The van der Waals surface area contributed by atoms with Crippen LogP contribution in [0.5, 0.6) is 11.5 Å². The zero-order valence-electron chi connectivity index (χ0n) is 13.9. The second-order valence-electron chi connectivity index (χ2n) is 5.22. The maximum atomic E-state index is 5.65. The van der Waals surface area contributed by atoms with Gasteiger partial charge in [0.25, 0.3) is 0 Å². The van der Waals surface area contributed by atoms with Crippen molar-refractivity contribution in [2.45, 2.75) is 19.5 Å². The minimum absolute atomic E-state index is 0. The van der Waals surface area contributed by atoms with E-state index < -0.39 is 0 Å². The third kappa shape index (κ3) is 5.55. The van der Waals surface area contributed by atoms with Crippen LogP contribution in [0.25, 0.3) is 0 Å². The molecule has 0 fully saturated rings. The topological polar surface area (TPSA) is 30.5 Å². The van der Waals surface area contributed by atoms with Crippen LogP contribution in [0.15, 0.2) is 59.6 Å². The van der Waals surface area contributed by atoms with Crippen LogP contribution >= 0.6 is 28.3 Å². The van der Waals surface area contributed by atoms with Crippen LogP contribution in [-0.4, -0.2) is 13.7 Å². The molecule has 0 heterocycles. The van der Waals surface area contributed by atoms with Crippen LogP contribution < -0.4 is 14.8 Å². The molecular formula is C19H23BrClNO2. The molecule has 0 radical (unpaired) electrons. The number of halogens is 2. The molecule has 5 heteroatoms. The Balaban J connectivity index is 0.00000288. The Hall–Kier alpha value is -1.49. The van der Waals surface area contributed by atoms with Crippen molar-refractivity contribution in [1.82, 2.24) is 5.32 Å². The van der Waals surface area contributed by atoms with Gasteiger partial charge in [0.2, 0.25) is 0 Å². The highest BCUT2D eigenvalue weighted by molar-refractivity contribution is 9.10. The molecule has 3 nitrogen and oxygen atoms in total. The van der Waals surface area contributed by atoms with Gasteiger partial charge in [-0.25, -0.2) is 0 Å². The van der Waals surface area contributed by atoms with E-state index in [4.69, 9.17) is 9.47 Å². The highest BCUT2D eigenvalue weighted by Gasteiger charge is 2.12. The van der Waals surface area contributed by atoms with Crippen LogP contribution in [-0.2, 0) is 6.54 Å². The minimum atomic E-state index is 0. The molecule has 0 bridgehead atoms. The van der Waals surface area contributed by atoms with Gasteiger partial charge >= 0.3 is 0 Å². The number of rotatable bonds is 8. The predicted octanol–water partition coefficient (Wildman–Crippen LogP) is 5.30. The Labute approximate surface area is 158 Å². The maximum absolute atomic E-state index is 5.65. The molecule has 0 aliphatic heterocycles. The fourth-order valence-corrected chi connectivity index (χ4v) is 2.89. The lowest BCUT2D eigenvalue weighted by molar-refractivity contribution is 0.324. The zero-order valence-corrected chi connectivity index (χ0v) is 16.3. The normalized spacial score (nSPS) is 11.3. The van der Waals surface area contributed by atoms with Crippen molar-refractivity contribution < 1.29 is 9.47 Å². The SMILES string of the molecule is C=CCOc1c(Br)cc(CNC(C)c2ccccc2)cc1OC.Cl. The first-order valence-corrected chi connectivity index (χ1v) is 8.33. The minimum Gasteiger partial charge on any atom is -0.493 e. The summed E-state index contributed by atoms with van der Waals surface area (Å²) >= 11 is 3.55. The Morgan fingerprint density at radius 3 is 2.58 bits per heavy atom. The second-order valence-corrected chi connectivity index (χ2v) is 6.08. The van der Waals surface area contributed by atoms with E-state index in [1.54, 1.807) is 13.2 Å². The number of methoxy groups -OCH3 is 1. The second kappa shape index (κ2) is 10.4. The summed E-state index contributed by atoms with van der Waals surface area (Å²) in [5, 5.41) is 3.52. The molecule has 0 saturated heterocycles. The average molecular weight is 413 g/mol. The number of hydrogen-bond acceptors (Lipinski definition) is 3. The molecule has 2 aromatic rings. The molecule has 0 aliphatic carbocycles. The van der Waals surface area contributed by atoms with Gasteiger partial charge in [-0.3, -0.25) is 0 Å². The monoisotopic (exact) mass is 411 g/mol. The fraction of sp³-hybridized carbons (Fsp3) is 0.263. The van der Waals surface area contributed by atoms with Crippen LogP contribution in [0.2, 0.25) is 0 Å². The Morgan fingerprint density at radius 1 is 1.25 bits per heavy atom. The predicted molar refractivity (Wildman–Crippen MR) is 105 cm³/mol. The van der Waals surface area contributed by atoms with E-state index in [0.29, 0.717) is 18.1 Å². The van der Waals surface area contributed by atoms with E-state index in [1.807, 2.05) is 18.2 Å². The average Bonchev–Trinajstić information content (AvgIpc) is 2.59. The van der Waals surface area contributed by atoms with Crippen molar-refractivity contribution in [1.29, 1.82) is 0 Å². The third-order valence-corrected chi connectivity index (χ3v) is 4.14. The summed E-state index contributed by atoms with van der Waals surface area (Å²) in [6.07, 6.45) is 1.71. The molecule has 1 atom stereocenters. The molecule has 2 rings (SSSR count). The summed E-state index contributed by atoms with van der Waals surface area (Å²) in [6, 6.07) is 14.7. The van der Waals surface area contributed by atoms with Gasteiger partial charge in [-0.2, -0.15) is 0 Å². The van der Waals surface area contributed by atoms with Crippen LogP contribution in [0.1, 0.15) is 24.1 Å². The molecule has 130 valence electrons. The highest BCUT2D eigenvalue weighted by Crippen LogP contribution is 2.36. The molecule has 1 unspecified atom stereocenters. The van der Waals surface area contributed by atoms with Crippen molar-refractivity contribution in [3.05, 3.63) is 70.7 Å². The van der Waals surface area contributed by atoms with Gasteiger partial charge in [0.1, 0.15) is 6.61 Å². The molecule has 24 heavy (non-hydrogen) atoms. The standard InChI is InChI=1S/C19H22BrNO2.ClH/c1-4-10-23-19-17(20)11-15(12-18(19)22-3)13-21-14(2)16-8-6-5-7-9-16;/h4-9,11-12,14,21H,1,10,13H2,2-3H3;1H. The van der Waals surface area contributed by atoms with Crippen molar-refractivity contribution in [2.75, 3.05) is 13.7 Å². The number of ether oxygens (including phenoxy) is 2. The lowest BCUT2D eigenvalue weighted by Crippen LogP contribution is -2.18. The summed E-state index contributed by atoms with van der Waals surface area (Å²) < 4.78 is 12.0. The number of benzene rings is 2. The van der Waals surface area contributed by atoms with Gasteiger partial charge in [-0.1, -0.05) is 43.0 Å². The van der Waals surface area contributed by atoms with Crippen LogP contribution in [0.3, 0.4) is 0 Å². The first-order chi connectivity index (χ1) is 11.2. The molecule has 2 aromatic carbocycles. The van der Waals surface area contributed by atoms with E-state index in [2.05, 4.69) is 59.0 Å². The van der Waals surface area contributed by atoms with Crippen molar-refractivity contribution in [3.8, 4) is 11.5 Å². The molecule has 0 spiro atoms. The van der Waals surface area contributed by atoms with Crippen molar-refractivity contribution >= 4 is 28.3 Å². The molecule has 0 saturated carbocycles. The van der Waals surface area contributed by atoms with Gasteiger partial charge in [0.05, 0.1) is 11.6 Å². The zero-order chi connectivity index (χ0) is 16.7. The molecule has 0 amide bonds. The molecule has 0 aliphatic rings. The molecular weight excluding hydrogens is 390 g/mol. The summed E-state index contributed by atoms with van der Waals surface area (Å²) in [5.74, 6) is 1.41. The van der Waals surface area contributed by atoms with Crippen LogP contribution in [0.4, 0.5) is 0 Å². The lowest BCUT2D eigenvalue weighted by Gasteiger charge is -2.17. The Kier molecular flexibility index (Phi) is 8.90. The van der Waals surface area contributed by atoms with Crippen molar-refractivity contribution in [2.24, 2.45) is 0 Å². The smallest absolute Gasteiger partial charge is 0.175 e. The first-order valence-electron chi connectivity index (χ1n) is 7.54. The van der Waals surface area contributed by atoms with E-state index in [0.717, 1.165) is 16.6 Å². The maximum Gasteiger partial charge on any atom is 0.175 e. The summed E-state index contributed by atoms with van der Waals surface area (Å²) in [7, 11) is 1.65. The van der Waals surface area contributed by atoms with Gasteiger partial charge < -0.3 is 14.8 Å². The van der Waals surface area contributed by atoms with Gasteiger partial charge in [0.15, 0.2) is 11.5 Å². The molecule has 1 N–H and O–H groups in total. The lowest BCUT2D eigenvalue weighted by atomic mass is 10.1. The Morgan fingerprint density at radius 2 is 1.96 bits per heavy atom. The van der Waals surface area contributed by atoms with E-state index in [1.165, 1.54) is 5.56 Å².